The van der Waals surface area contributed by atoms with E-state index in [2.05, 4.69) is 0 Å². The Labute approximate surface area is 38.1 Å². The minimum Gasteiger partial charge on any atom is -0.269 e. The smallest absolute Gasteiger partial charge is 0.181 e. The summed E-state index contributed by atoms with van der Waals surface area (Å²) in [5.41, 5.74) is 0. The molecule has 0 saturated carbocycles. The van der Waals surface area contributed by atoms with Gasteiger partial charge >= 0.3 is 0 Å². The lowest BCUT2D eigenvalue weighted by molar-refractivity contribution is 1.11. The van der Waals surface area contributed by atoms with Gasteiger partial charge in [-0.2, -0.15) is 10.5 Å². The Kier molecular flexibility index (Phi) is 685. The lowest BCUT2D eigenvalue weighted by Crippen LogP contribution is -1.26. The molecule has 0 heterocycles. The van der Waals surface area contributed by atoms with Crippen LogP contribution in [-0.4, -0.2) is 0 Å². The normalized spacial score (nSPS) is 1.43. The number of hydrogen-bond acceptors (Lipinski definition) is 2. The van der Waals surface area contributed by atoms with Crippen LogP contribution in [0.25, 0.3) is 0 Å². The zero-order chi connectivity index (χ0) is 3.41. The maximum absolute atomic E-state index is 7.26. The van der Waals surface area contributed by atoms with E-state index in [4.69, 9.17) is 10.5 Å². The summed E-state index contributed by atoms with van der Waals surface area (Å²) >= 11 is 0. The van der Waals surface area contributed by atoms with E-state index in [1.807, 2.05) is 0 Å². The van der Waals surface area contributed by atoms with Crippen LogP contribution in [0, 0.1) is 22.7 Å². The molecule has 0 radical (unpaired) electrons. The summed E-state index contributed by atoms with van der Waals surface area (Å²) in [4.78, 5) is 0. The molecule has 0 aliphatic heterocycles. The minimum atomic E-state index is 0. The topological polar surface area (TPSA) is 47.6 Å². The van der Waals surface area contributed by atoms with Crippen LogP contribution in [0.5, 0.6) is 0 Å². The first-order valence-electron chi connectivity index (χ1n) is 0.697. The first-order valence-corrected chi connectivity index (χ1v) is 0.697. The lowest BCUT2D eigenvalue weighted by atomic mass is 10.9. The number of nitrogens with zero attached hydrogens (tertiary/aromatic N) is 2. The molecule has 0 amide bonds. The van der Waals surface area contributed by atoms with Crippen LogP contribution in [0.15, 0.2) is 0 Å². The third-order valence-corrected chi connectivity index (χ3v) is 0.0500. The SMILES string of the molecule is F.F.F.N#CC#N. The average Bonchev–Trinajstić information content (AvgIpc) is 1.37. The van der Waals surface area contributed by atoms with E-state index in [1.54, 1.807) is 0 Å². The molecule has 2 nitrogen and oxygen atoms in total. The maximum Gasteiger partial charge on any atom is 0.181 e. The molecule has 0 aromatic rings. The Hall–Kier alpha value is -1.23. The molecule has 0 unspecified atom stereocenters. The molecular formula is C2H3F3N2. The van der Waals surface area contributed by atoms with E-state index in [0.717, 1.165) is 0 Å². The summed E-state index contributed by atoms with van der Waals surface area (Å²) < 4.78 is 0. The van der Waals surface area contributed by atoms with Gasteiger partial charge in [-0.05, 0) is 0 Å². The van der Waals surface area contributed by atoms with E-state index in [-0.39, 0.29) is 14.1 Å². The molecule has 0 atom stereocenters. The van der Waals surface area contributed by atoms with Crippen molar-refractivity contribution in [1.29, 1.82) is 10.5 Å². The number of rotatable bonds is 0. The van der Waals surface area contributed by atoms with Crippen molar-refractivity contribution in [1.82, 2.24) is 0 Å². The van der Waals surface area contributed by atoms with E-state index in [1.165, 1.54) is 12.1 Å². The monoisotopic (exact) mass is 112 g/mol. The minimum absolute atomic E-state index is 0. The first-order chi connectivity index (χ1) is 1.91. The molecule has 0 aromatic heterocycles. The van der Waals surface area contributed by atoms with E-state index >= 15 is 0 Å². The van der Waals surface area contributed by atoms with Crippen molar-refractivity contribution in [2.75, 3.05) is 0 Å². The molecule has 0 fully saturated rings. The van der Waals surface area contributed by atoms with Crippen LogP contribution in [0.3, 0.4) is 0 Å². The van der Waals surface area contributed by atoms with Gasteiger partial charge in [-0.25, -0.2) is 0 Å². The van der Waals surface area contributed by atoms with E-state index in [9.17, 15) is 0 Å². The fraction of sp³-hybridized carbons (Fsp3) is 0. The van der Waals surface area contributed by atoms with Crippen LogP contribution in [0.4, 0.5) is 14.1 Å². The predicted octanol–water partition coefficient (Wildman–Crippen LogP) is 0.491. The fourth-order valence-electron chi connectivity index (χ4n) is 0. The molecule has 0 spiro atoms. The summed E-state index contributed by atoms with van der Waals surface area (Å²) in [5.74, 6) is 0. The average molecular weight is 112 g/mol. The first kappa shape index (κ1) is 41.9. The number of nitriles is 2. The highest BCUT2D eigenvalue weighted by atomic mass is 19.0. The van der Waals surface area contributed by atoms with Crippen LogP contribution >= 0.6 is 0 Å². The van der Waals surface area contributed by atoms with Gasteiger partial charge in [0.15, 0.2) is 12.1 Å². The summed E-state index contributed by atoms with van der Waals surface area (Å²) in [7, 11) is 0. The number of hydrogen-bond donors (Lipinski definition) is 0. The molecule has 0 N–H and O–H groups in total. The van der Waals surface area contributed by atoms with Gasteiger partial charge in [0.2, 0.25) is 0 Å². The van der Waals surface area contributed by atoms with E-state index in [0.29, 0.717) is 0 Å². The Morgan fingerprint density at radius 2 is 0.857 bits per heavy atom. The number of halogens is 3. The van der Waals surface area contributed by atoms with Gasteiger partial charge in [0.1, 0.15) is 0 Å². The summed E-state index contributed by atoms with van der Waals surface area (Å²) in [6.07, 6.45) is 0. The molecule has 5 heteroatoms. The van der Waals surface area contributed by atoms with Gasteiger partial charge in [-0.15, -0.1) is 0 Å². The van der Waals surface area contributed by atoms with Crippen molar-refractivity contribution in [3.05, 3.63) is 0 Å². The van der Waals surface area contributed by atoms with E-state index < -0.39 is 0 Å². The molecule has 0 aliphatic rings. The predicted molar refractivity (Wildman–Crippen MR) is 18.7 cm³/mol. The molecule has 0 aliphatic carbocycles. The zero-order valence-electron chi connectivity index (χ0n) is 3.12. The van der Waals surface area contributed by atoms with Gasteiger partial charge in [0.05, 0.1) is 0 Å². The van der Waals surface area contributed by atoms with Crippen LogP contribution in [0.2, 0.25) is 0 Å². The molecule has 0 aromatic carbocycles. The van der Waals surface area contributed by atoms with Crippen molar-refractivity contribution in [2.45, 2.75) is 0 Å². The third-order valence-electron chi connectivity index (χ3n) is 0.0500. The second-order valence-electron chi connectivity index (χ2n) is 0.224. The second-order valence-corrected chi connectivity index (χ2v) is 0.224. The Morgan fingerprint density at radius 3 is 0.857 bits per heavy atom. The van der Waals surface area contributed by atoms with Crippen molar-refractivity contribution >= 4 is 0 Å². The second kappa shape index (κ2) is 114. The summed E-state index contributed by atoms with van der Waals surface area (Å²) in [6, 6.07) is 2.47. The maximum atomic E-state index is 7.26. The van der Waals surface area contributed by atoms with Gasteiger partial charge in [-0.3, -0.25) is 14.1 Å². The molecule has 7 heavy (non-hydrogen) atoms. The fourth-order valence-corrected chi connectivity index (χ4v) is 0. The largest absolute Gasteiger partial charge is 0.269 e. The van der Waals surface area contributed by atoms with Crippen LogP contribution in [0.1, 0.15) is 0 Å². The standard InChI is InChI=1S/C2N2.3FH/c3-1-2-4;;;/h;3*1H. The molecule has 0 rings (SSSR count). The lowest BCUT2D eigenvalue weighted by Gasteiger charge is -1.16. The van der Waals surface area contributed by atoms with Gasteiger partial charge in [-0.1, -0.05) is 0 Å². The molecule has 0 bridgehead atoms. The Bertz CT molecular complexity index is 65.9. The van der Waals surface area contributed by atoms with Gasteiger partial charge < -0.3 is 0 Å². The molecular weight excluding hydrogens is 109 g/mol. The zero-order valence-corrected chi connectivity index (χ0v) is 3.12. The highest BCUT2D eigenvalue weighted by Gasteiger charge is 1.39. The highest BCUT2D eigenvalue weighted by Crippen LogP contribution is 1.27. The summed E-state index contributed by atoms with van der Waals surface area (Å²) in [6.45, 7) is 0. The van der Waals surface area contributed by atoms with Crippen LogP contribution in [-0.2, 0) is 0 Å². The van der Waals surface area contributed by atoms with Crippen LogP contribution < -0.4 is 0 Å². The van der Waals surface area contributed by atoms with Gasteiger partial charge in [0.25, 0.3) is 0 Å². The van der Waals surface area contributed by atoms with Crippen molar-refractivity contribution in [2.24, 2.45) is 0 Å². The summed E-state index contributed by atoms with van der Waals surface area (Å²) in [5, 5.41) is 14.5. The van der Waals surface area contributed by atoms with Crippen molar-refractivity contribution < 1.29 is 14.1 Å². The Balaban J connectivity index is -0.0000000150. The van der Waals surface area contributed by atoms with Crippen molar-refractivity contribution in [3.8, 4) is 12.1 Å². The molecule has 0 saturated heterocycles. The highest BCUT2D eigenvalue weighted by molar-refractivity contribution is 4.99. The third kappa shape index (κ3) is 692. The van der Waals surface area contributed by atoms with Gasteiger partial charge in [0, 0.05) is 0 Å². The Morgan fingerprint density at radius 1 is 0.714 bits per heavy atom. The van der Waals surface area contributed by atoms with Crippen molar-refractivity contribution in [3.63, 3.8) is 0 Å². The quantitative estimate of drug-likeness (QED) is 0.457. The molecule has 42 valence electrons.